The maximum absolute atomic E-state index is 12.3. The third-order valence-electron chi connectivity index (χ3n) is 3.36. The highest BCUT2D eigenvalue weighted by molar-refractivity contribution is 5.98. The van der Waals surface area contributed by atoms with Gasteiger partial charge in [-0.15, -0.1) is 0 Å². The number of rotatable bonds is 4. The maximum Gasteiger partial charge on any atom is 0.331 e. The third kappa shape index (κ3) is 2.62. The van der Waals surface area contributed by atoms with E-state index < -0.39 is 17.4 Å². The van der Waals surface area contributed by atoms with E-state index >= 15 is 0 Å². The largest absolute Gasteiger partial charge is 0.479 e. The Morgan fingerprint density at radius 1 is 1.50 bits per heavy atom. The highest BCUT2D eigenvalue weighted by Gasteiger charge is 2.44. The molecule has 0 spiro atoms. The number of carboxylic acid groups (broad SMARTS) is 1. The molecule has 1 atom stereocenters. The highest BCUT2D eigenvalue weighted by Crippen LogP contribution is 2.20. The van der Waals surface area contributed by atoms with Crippen LogP contribution in [0.2, 0.25) is 0 Å². The maximum atomic E-state index is 12.3. The summed E-state index contributed by atoms with van der Waals surface area (Å²) in [5.74, 6) is -1.53. The lowest BCUT2D eigenvalue weighted by molar-refractivity contribution is -0.144. The van der Waals surface area contributed by atoms with Gasteiger partial charge in [-0.05, 0) is 19.4 Å². The van der Waals surface area contributed by atoms with Gasteiger partial charge in [0.1, 0.15) is 0 Å². The number of carbonyl (C=O) groups is 2. The third-order valence-corrected chi connectivity index (χ3v) is 3.36. The first kappa shape index (κ1) is 14.4. The van der Waals surface area contributed by atoms with Crippen LogP contribution in [0.5, 0.6) is 0 Å². The highest BCUT2D eigenvalue weighted by atomic mass is 16.5. The Bertz CT molecular complexity index is 538. The molecular weight excluding hydrogens is 262 g/mol. The first-order chi connectivity index (χ1) is 9.48. The molecule has 7 heteroatoms. The molecule has 1 saturated heterocycles. The van der Waals surface area contributed by atoms with Gasteiger partial charge in [0.25, 0.3) is 5.91 Å². The second kappa shape index (κ2) is 5.54. The summed E-state index contributed by atoms with van der Waals surface area (Å²) in [6.45, 7) is 3.89. The van der Waals surface area contributed by atoms with E-state index in [2.05, 4.69) is 15.5 Å². The molecule has 0 aromatic carbocycles. The molecule has 0 radical (unpaired) electrons. The summed E-state index contributed by atoms with van der Waals surface area (Å²) in [5.41, 5.74) is 0.179. The predicted molar refractivity (Wildman–Crippen MR) is 69.4 cm³/mol. The summed E-state index contributed by atoms with van der Waals surface area (Å²) in [7, 11) is 0. The van der Waals surface area contributed by atoms with Gasteiger partial charge in [-0.2, -0.15) is 10.2 Å². The van der Waals surface area contributed by atoms with Crippen LogP contribution in [-0.4, -0.2) is 45.9 Å². The average Bonchev–Trinajstić information content (AvgIpc) is 2.88. The average molecular weight is 279 g/mol. The first-order valence-electron chi connectivity index (χ1n) is 6.45. The molecule has 0 saturated carbocycles. The van der Waals surface area contributed by atoms with Gasteiger partial charge in [0.2, 0.25) is 0 Å². The smallest absolute Gasteiger partial charge is 0.331 e. The fraction of sp³-hybridized carbons (Fsp3) is 0.538. The van der Waals surface area contributed by atoms with Crippen molar-refractivity contribution in [3.8, 4) is 0 Å². The molecule has 1 fully saturated rings. The molecule has 2 rings (SSSR count). The lowest BCUT2D eigenvalue weighted by atomic mass is 9.98. The van der Waals surface area contributed by atoms with Gasteiger partial charge in [0.05, 0.1) is 23.6 Å². The summed E-state index contributed by atoms with van der Waals surface area (Å²) >= 11 is 0. The van der Waals surface area contributed by atoms with E-state index in [9.17, 15) is 14.7 Å². The molecular formula is C13H17N3O4. The normalized spacial score (nSPS) is 21.7. The van der Waals surface area contributed by atoms with Crippen LogP contribution in [0, 0.1) is 6.92 Å². The summed E-state index contributed by atoms with van der Waals surface area (Å²) in [6, 6.07) is 1.62. The number of nitrogens with zero attached hydrogens (tertiary/aromatic N) is 2. The Labute approximate surface area is 116 Å². The van der Waals surface area contributed by atoms with Crippen molar-refractivity contribution >= 4 is 11.9 Å². The minimum Gasteiger partial charge on any atom is -0.479 e. The fourth-order valence-electron chi connectivity index (χ4n) is 2.14. The summed E-state index contributed by atoms with van der Waals surface area (Å²) in [6.07, 6.45) is 0.805. The quantitative estimate of drug-likeness (QED) is 0.823. The van der Waals surface area contributed by atoms with Crippen molar-refractivity contribution in [2.75, 3.05) is 13.2 Å². The first-order valence-corrected chi connectivity index (χ1v) is 6.45. The van der Waals surface area contributed by atoms with E-state index in [0.717, 1.165) is 0 Å². The molecule has 0 aliphatic carbocycles. The lowest BCUT2D eigenvalue weighted by Gasteiger charge is -2.24. The van der Waals surface area contributed by atoms with E-state index in [0.29, 0.717) is 30.0 Å². The van der Waals surface area contributed by atoms with Crippen LogP contribution in [0.1, 0.15) is 35.1 Å². The molecule has 2 N–H and O–H groups in total. The van der Waals surface area contributed by atoms with Crippen molar-refractivity contribution < 1.29 is 19.4 Å². The molecule has 1 aliphatic heterocycles. The standard InChI is InChI=1S/C13H17N3O4/c1-3-10-9(6-8(2)15-16-10)11(17)14-13(12(18)19)4-5-20-7-13/h6H,3-5,7H2,1-2H3,(H,14,17)(H,18,19). The number of carboxylic acids is 1. The molecule has 1 aliphatic rings. The van der Waals surface area contributed by atoms with Crippen LogP contribution >= 0.6 is 0 Å². The number of aromatic nitrogens is 2. The lowest BCUT2D eigenvalue weighted by Crippen LogP contribution is -2.55. The molecule has 1 aromatic rings. The van der Waals surface area contributed by atoms with Crippen LogP contribution in [0.15, 0.2) is 6.07 Å². The van der Waals surface area contributed by atoms with Crippen molar-refractivity contribution in [1.82, 2.24) is 15.5 Å². The number of carbonyl (C=O) groups excluding carboxylic acids is 1. The topological polar surface area (TPSA) is 101 Å². The van der Waals surface area contributed by atoms with Crippen molar-refractivity contribution in [2.24, 2.45) is 0 Å². The molecule has 2 heterocycles. The Morgan fingerprint density at radius 3 is 2.80 bits per heavy atom. The minimum atomic E-state index is -1.35. The second-order valence-corrected chi connectivity index (χ2v) is 4.84. The van der Waals surface area contributed by atoms with Gasteiger partial charge in [-0.3, -0.25) is 4.79 Å². The van der Waals surface area contributed by atoms with Gasteiger partial charge in [0, 0.05) is 13.0 Å². The summed E-state index contributed by atoms with van der Waals surface area (Å²) in [4.78, 5) is 23.7. The SMILES string of the molecule is CCc1nnc(C)cc1C(=O)NC1(C(=O)O)CCOC1. The summed E-state index contributed by atoms with van der Waals surface area (Å²) < 4.78 is 5.12. The Balaban J connectivity index is 2.28. The van der Waals surface area contributed by atoms with Crippen molar-refractivity contribution in [3.05, 3.63) is 23.0 Å². The zero-order valence-electron chi connectivity index (χ0n) is 11.5. The van der Waals surface area contributed by atoms with Crippen molar-refractivity contribution in [1.29, 1.82) is 0 Å². The number of nitrogens with one attached hydrogen (secondary N) is 1. The zero-order valence-corrected chi connectivity index (χ0v) is 11.5. The molecule has 20 heavy (non-hydrogen) atoms. The number of hydrogen-bond acceptors (Lipinski definition) is 5. The predicted octanol–water partition coefficient (Wildman–Crippen LogP) is 0.321. The van der Waals surface area contributed by atoms with Crippen molar-refractivity contribution in [2.45, 2.75) is 32.2 Å². The van der Waals surface area contributed by atoms with Crippen LogP contribution in [0.3, 0.4) is 0 Å². The molecule has 1 amide bonds. The van der Waals surface area contributed by atoms with E-state index in [1.54, 1.807) is 13.0 Å². The van der Waals surface area contributed by atoms with Crippen LogP contribution in [0.4, 0.5) is 0 Å². The monoisotopic (exact) mass is 279 g/mol. The van der Waals surface area contributed by atoms with Crippen LogP contribution in [-0.2, 0) is 16.0 Å². The fourth-order valence-corrected chi connectivity index (χ4v) is 2.14. The van der Waals surface area contributed by atoms with E-state index in [1.165, 1.54) is 0 Å². The van der Waals surface area contributed by atoms with E-state index in [1.807, 2.05) is 6.92 Å². The van der Waals surface area contributed by atoms with Gasteiger partial charge in [-0.25, -0.2) is 4.79 Å². The molecule has 108 valence electrons. The Hall–Kier alpha value is -2.02. The second-order valence-electron chi connectivity index (χ2n) is 4.84. The zero-order chi connectivity index (χ0) is 14.8. The van der Waals surface area contributed by atoms with Crippen LogP contribution < -0.4 is 5.32 Å². The van der Waals surface area contributed by atoms with Gasteiger partial charge in [-0.1, -0.05) is 6.92 Å². The number of aliphatic carboxylic acids is 1. The van der Waals surface area contributed by atoms with Gasteiger partial charge < -0.3 is 15.2 Å². The summed E-state index contributed by atoms with van der Waals surface area (Å²) in [5, 5.41) is 19.8. The molecule has 0 bridgehead atoms. The van der Waals surface area contributed by atoms with E-state index in [-0.39, 0.29) is 13.0 Å². The number of amides is 1. The van der Waals surface area contributed by atoms with Crippen LogP contribution in [0.25, 0.3) is 0 Å². The molecule has 7 nitrogen and oxygen atoms in total. The van der Waals surface area contributed by atoms with E-state index in [4.69, 9.17) is 4.74 Å². The molecule has 1 unspecified atom stereocenters. The Kier molecular flexibility index (Phi) is 3.99. The number of aryl methyl sites for hydroxylation is 2. The molecule has 1 aromatic heterocycles. The van der Waals surface area contributed by atoms with Gasteiger partial charge in [0.15, 0.2) is 5.54 Å². The number of hydrogen-bond donors (Lipinski definition) is 2. The van der Waals surface area contributed by atoms with Crippen molar-refractivity contribution in [3.63, 3.8) is 0 Å². The Morgan fingerprint density at radius 2 is 2.25 bits per heavy atom. The van der Waals surface area contributed by atoms with Gasteiger partial charge >= 0.3 is 5.97 Å². The number of ether oxygens (including phenoxy) is 1. The minimum absolute atomic E-state index is 0.0208.